The molecule has 3 aromatic rings. The lowest BCUT2D eigenvalue weighted by atomic mass is 10.2. The van der Waals surface area contributed by atoms with Crippen LogP contribution in [0.2, 0.25) is 0 Å². The van der Waals surface area contributed by atoms with Crippen molar-refractivity contribution >= 4 is 22.2 Å². The normalized spacial score (nSPS) is 13.7. The van der Waals surface area contributed by atoms with E-state index in [1.54, 1.807) is 24.3 Å². The van der Waals surface area contributed by atoms with Gasteiger partial charge in [0.1, 0.15) is 5.75 Å². The molecule has 1 N–H and O–H groups in total. The van der Waals surface area contributed by atoms with Crippen molar-refractivity contribution in [3.63, 3.8) is 0 Å². The number of imidazole rings is 1. The molecule has 1 aromatic carbocycles. The summed E-state index contributed by atoms with van der Waals surface area (Å²) in [6, 6.07) is 8.25. The monoisotopic (exact) mass is 419 g/mol. The van der Waals surface area contributed by atoms with Gasteiger partial charge in [-0.05, 0) is 25.1 Å². The van der Waals surface area contributed by atoms with E-state index in [9.17, 15) is 26.5 Å². The fourth-order valence-corrected chi connectivity index (χ4v) is 3.44. The van der Waals surface area contributed by atoms with E-state index >= 15 is 0 Å². The van der Waals surface area contributed by atoms with Gasteiger partial charge in [-0.2, -0.15) is 26.9 Å². The second-order valence-electron chi connectivity index (χ2n) is 5.92. The Labute approximate surface area is 159 Å². The molecule has 0 aliphatic heterocycles. The number of aromatic amines is 1. The molecule has 2 aromatic heterocycles. The molecule has 0 radical (unpaired) electrons. The summed E-state index contributed by atoms with van der Waals surface area (Å²) in [6.07, 6.45) is -4.52. The first-order valence-electron chi connectivity index (χ1n) is 7.93. The lowest BCUT2D eigenvalue weighted by Crippen LogP contribution is -2.41. The molecular weight excluding hydrogens is 405 g/mol. The maximum atomic E-state index is 13.1. The summed E-state index contributed by atoms with van der Waals surface area (Å²) in [7, 11) is 0. The minimum Gasteiger partial charge on any atom is -0.609 e. The van der Waals surface area contributed by atoms with Crippen LogP contribution in [-0.4, -0.2) is 38.2 Å². The molecule has 3 rings (SSSR count). The Morgan fingerprint density at radius 3 is 2.54 bits per heavy atom. The van der Waals surface area contributed by atoms with Crippen LogP contribution in [0.15, 0.2) is 41.7 Å². The van der Waals surface area contributed by atoms with Crippen molar-refractivity contribution in [2.45, 2.75) is 29.9 Å². The molecule has 150 valence electrons. The van der Waals surface area contributed by atoms with Crippen LogP contribution in [0.1, 0.15) is 11.3 Å². The van der Waals surface area contributed by atoms with E-state index in [1.807, 2.05) is 0 Å². The Bertz CT molecular complexity index is 944. The van der Waals surface area contributed by atoms with E-state index in [0.29, 0.717) is 11.0 Å². The Morgan fingerprint density at radius 2 is 1.86 bits per heavy atom. The fraction of sp³-hybridized carbons (Fsp3) is 0.294. The van der Waals surface area contributed by atoms with Gasteiger partial charge in [-0.25, -0.2) is 0 Å². The minimum atomic E-state index is -5.71. The van der Waals surface area contributed by atoms with Crippen LogP contribution in [-0.2, 0) is 16.9 Å². The van der Waals surface area contributed by atoms with Crippen molar-refractivity contribution < 1.29 is 31.2 Å². The molecule has 0 amide bonds. The van der Waals surface area contributed by atoms with Crippen LogP contribution in [0, 0.1) is 6.92 Å². The van der Waals surface area contributed by atoms with Gasteiger partial charge >= 0.3 is 17.3 Å². The number of para-hydroxylation sites is 2. The Hall–Kier alpha value is -2.40. The average molecular weight is 419 g/mol. The largest absolute Gasteiger partial charge is 0.609 e. The maximum Gasteiger partial charge on any atom is 0.456 e. The number of halogens is 5. The standard InChI is InChI=1S/C17H14F5N3O2S/c1-10-13(8-28(26)15-24-11-4-2-3-5-12(11)25-15)23-7-6-14(10)27-9-16(18,19)17(20,21)22/h2-7H,8-9H2,1H3,(H,24,25). The number of fused-ring (bicyclic) bond motifs is 1. The van der Waals surface area contributed by atoms with Crippen LogP contribution in [0.5, 0.6) is 5.75 Å². The van der Waals surface area contributed by atoms with E-state index in [4.69, 9.17) is 0 Å². The fourth-order valence-electron chi connectivity index (χ4n) is 2.34. The summed E-state index contributed by atoms with van der Waals surface area (Å²) in [4.78, 5) is 11.2. The first-order valence-corrected chi connectivity index (χ1v) is 9.25. The third-order valence-corrected chi connectivity index (χ3v) is 5.09. The summed E-state index contributed by atoms with van der Waals surface area (Å²) in [5.41, 5.74) is 1.79. The first-order chi connectivity index (χ1) is 13.1. The zero-order chi connectivity index (χ0) is 20.5. The number of nitrogens with zero attached hydrogens (tertiary/aromatic N) is 2. The van der Waals surface area contributed by atoms with Crippen molar-refractivity contribution in [1.29, 1.82) is 0 Å². The lowest BCUT2D eigenvalue weighted by Gasteiger charge is -2.20. The maximum absolute atomic E-state index is 13.1. The van der Waals surface area contributed by atoms with Gasteiger partial charge in [0.05, 0.1) is 16.7 Å². The summed E-state index contributed by atoms with van der Waals surface area (Å²) >= 11 is -1.63. The Balaban J connectivity index is 1.75. The number of nitrogens with one attached hydrogen (secondary N) is 1. The number of alkyl halides is 5. The van der Waals surface area contributed by atoms with Crippen LogP contribution in [0.25, 0.3) is 11.0 Å². The van der Waals surface area contributed by atoms with Crippen LogP contribution >= 0.6 is 0 Å². The molecule has 0 aliphatic carbocycles. The number of aromatic nitrogens is 3. The third kappa shape index (κ3) is 4.20. The highest BCUT2D eigenvalue weighted by Crippen LogP contribution is 2.36. The summed E-state index contributed by atoms with van der Waals surface area (Å²) in [5.74, 6) is -5.28. The van der Waals surface area contributed by atoms with E-state index < -0.39 is 29.9 Å². The zero-order valence-electron chi connectivity index (χ0n) is 14.4. The quantitative estimate of drug-likeness (QED) is 0.481. The number of pyridine rings is 1. The number of benzene rings is 1. The van der Waals surface area contributed by atoms with Crippen molar-refractivity contribution in [2.24, 2.45) is 0 Å². The minimum absolute atomic E-state index is 0.113. The number of H-pyrrole nitrogens is 1. The average Bonchev–Trinajstić information content (AvgIpc) is 3.06. The summed E-state index contributed by atoms with van der Waals surface area (Å²) in [5, 5.41) is 0.206. The highest BCUT2D eigenvalue weighted by atomic mass is 32.2. The number of ether oxygens (including phenoxy) is 1. The van der Waals surface area contributed by atoms with Gasteiger partial charge in [0.15, 0.2) is 12.4 Å². The molecule has 0 saturated carbocycles. The van der Waals surface area contributed by atoms with Crippen molar-refractivity contribution in [1.82, 2.24) is 15.0 Å². The molecule has 0 bridgehead atoms. The smallest absolute Gasteiger partial charge is 0.456 e. The number of hydrogen-bond donors (Lipinski definition) is 1. The van der Waals surface area contributed by atoms with Crippen LogP contribution in [0.3, 0.4) is 0 Å². The van der Waals surface area contributed by atoms with Gasteiger partial charge in [-0.3, -0.25) is 9.97 Å². The predicted octanol–water partition coefficient (Wildman–Crippen LogP) is 4.15. The third-order valence-electron chi connectivity index (χ3n) is 3.93. The van der Waals surface area contributed by atoms with E-state index in [2.05, 4.69) is 19.7 Å². The van der Waals surface area contributed by atoms with Gasteiger partial charge in [0, 0.05) is 22.9 Å². The molecule has 1 atom stereocenters. The molecule has 28 heavy (non-hydrogen) atoms. The summed E-state index contributed by atoms with van der Waals surface area (Å²) in [6.45, 7) is -0.410. The SMILES string of the molecule is Cc1c(OCC(F)(F)C(F)(F)F)ccnc1C[S+]([O-])c1nc2ccccc2[nH]1. The highest BCUT2D eigenvalue weighted by Gasteiger charge is 2.58. The van der Waals surface area contributed by atoms with Crippen LogP contribution < -0.4 is 4.74 Å². The van der Waals surface area contributed by atoms with E-state index in [-0.39, 0.29) is 27.9 Å². The summed E-state index contributed by atoms with van der Waals surface area (Å²) < 4.78 is 80.2. The van der Waals surface area contributed by atoms with Crippen molar-refractivity contribution in [3.8, 4) is 5.75 Å². The highest BCUT2D eigenvalue weighted by molar-refractivity contribution is 7.90. The van der Waals surface area contributed by atoms with Gasteiger partial charge in [-0.1, -0.05) is 12.1 Å². The molecule has 0 saturated heterocycles. The predicted molar refractivity (Wildman–Crippen MR) is 91.7 cm³/mol. The Morgan fingerprint density at radius 1 is 1.14 bits per heavy atom. The van der Waals surface area contributed by atoms with Gasteiger partial charge in [0.25, 0.3) is 0 Å². The number of rotatable bonds is 6. The second-order valence-corrected chi connectivity index (χ2v) is 7.29. The van der Waals surface area contributed by atoms with Crippen molar-refractivity contribution in [3.05, 3.63) is 47.8 Å². The zero-order valence-corrected chi connectivity index (χ0v) is 15.2. The second kappa shape index (κ2) is 7.55. The lowest BCUT2D eigenvalue weighted by molar-refractivity contribution is -0.290. The van der Waals surface area contributed by atoms with Crippen molar-refractivity contribution in [2.75, 3.05) is 6.61 Å². The topological polar surface area (TPSA) is 73.9 Å². The van der Waals surface area contributed by atoms with Gasteiger partial charge < -0.3 is 9.29 Å². The Kier molecular flexibility index (Phi) is 5.48. The van der Waals surface area contributed by atoms with Crippen LogP contribution in [0.4, 0.5) is 22.0 Å². The van der Waals surface area contributed by atoms with E-state index in [0.717, 1.165) is 0 Å². The molecule has 11 heteroatoms. The molecule has 2 heterocycles. The molecule has 1 unspecified atom stereocenters. The van der Waals surface area contributed by atoms with Gasteiger partial charge in [-0.15, -0.1) is 0 Å². The molecule has 0 spiro atoms. The van der Waals surface area contributed by atoms with Gasteiger partial charge in [0.2, 0.25) is 0 Å². The van der Waals surface area contributed by atoms with E-state index in [1.165, 1.54) is 19.2 Å². The first kappa shape index (κ1) is 20.3. The number of hydrogen-bond acceptors (Lipinski definition) is 4. The molecule has 0 aliphatic rings. The molecule has 0 fully saturated rings. The molecular formula is C17H14F5N3O2S. The molecule has 5 nitrogen and oxygen atoms in total.